The third-order valence-electron chi connectivity index (χ3n) is 6.97. The lowest BCUT2D eigenvalue weighted by Crippen LogP contribution is -2.33. The Balaban J connectivity index is 1.33. The van der Waals surface area contributed by atoms with Gasteiger partial charge in [0.15, 0.2) is 23.0 Å². The van der Waals surface area contributed by atoms with Gasteiger partial charge < -0.3 is 33.2 Å². The molecule has 0 radical (unpaired) electrons. The molecule has 0 spiro atoms. The lowest BCUT2D eigenvalue weighted by molar-refractivity contribution is -0.144. The monoisotopic (exact) mass is 614 g/mol. The summed E-state index contributed by atoms with van der Waals surface area (Å²) in [4.78, 5) is 39.5. The van der Waals surface area contributed by atoms with Crippen molar-refractivity contribution in [1.82, 2.24) is 9.47 Å². The normalized spacial score (nSPS) is 12.6. The lowest BCUT2D eigenvalue weighted by Gasteiger charge is -2.19. The summed E-state index contributed by atoms with van der Waals surface area (Å²) in [5.74, 6) is 0.986. The first-order chi connectivity index (χ1) is 20.5. The van der Waals surface area contributed by atoms with E-state index in [1.54, 1.807) is 17.7 Å². The second-order valence-electron chi connectivity index (χ2n) is 9.94. The van der Waals surface area contributed by atoms with E-state index in [0.717, 1.165) is 22.4 Å². The summed E-state index contributed by atoms with van der Waals surface area (Å²) < 4.78 is 55.3. The van der Waals surface area contributed by atoms with E-state index in [4.69, 9.17) is 23.7 Å². The summed E-state index contributed by atoms with van der Waals surface area (Å²) in [6, 6.07) is 10.7. The highest BCUT2D eigenvalue weighted by molar-refractivity contribution is 7.85. The molecule has 4 aromatic rings. The first-order valence-electron chi connectivity index (χ1n) is 13.3. The molecule has 14 heteroatoms. The predicted molar refractivity (Wildman–Crippen MR) is 157 cm³/mol. The molecule has 0 atom stereocenters. The summed E-state index contributed by atoms with van der Waals surface area (Å²) >= 11 is 0. The van der Waals surface area contributed by atoms with Crippen LogP contribution in [0.2, 0.25) is 0 Å². The van der Waals surface area contributed by atoms with Gasteiger partial charge in [0.1, 0.15) is 6.61 Å². The van der Waals surface area contributed by atoms with Gasteiger partial charge >= 0.3 is 12.1 Å². The van der Waals surface area contributed by atoms with Crippen molar-refractivity contribution in [2.24, 2.45) is 7.05 Å². The number of ether oxygens (including phenoxy) is 5. The van der Waals surface area contributed by atoms with Gasteiger partial charge in [0.2, 0.25) is 6.79 Å². The maximum absolute atomic E-state index is 13.6. The van der Waals surface area contributed by atoms with E-state index in [0.29, 0.717) is 27.8 Å². The Morgan fingerprint density at radius 3 is 2.42 bits per heavy atom. The van der Waals surface area contributed by atoms with Gasteiger partial charge in [-0.1, -0.05) is 12.1 Å². The van der Waals surface area contributed by atoms with Gasteiger partial charge in [-0.25, -0.2) is 4.79 Å². The molecule has 0 saturated heterocycles. The Labute approximate surface area is 246 Å². The van der Waals surface area contributed by atoms with Gasteiger partial charge in [0.25, 0.3) is 15.7 Å². The minimum atomic E-state index is -3.57. The van der Waals surface area contributed by atoms with Crippen LogP contribution in [0.3, 0.4) is 0 Å². The molecule has 0 fully saturated rings. The van der Waals surface area contributed by atoms with Crippen LogP contribution >= 0.6 is 0 Å². The Morgan fingerprint density at radius 1 is 0.977 bits per heavy atom. The standard InChI is InChI=1S/C29H30N2O11S/c1-30(9-11-38-26(32)6-5-10-41-43(4,35)36)29(34)42-25-15-21-20(14-22(25)37-3)18-8-7-17-12-23-24(40-16-39-23)13-19(17)27(18)31(2)28(21)33/h7-8,12-15H,5-6,9-11,16H2,1-4H3. The number of aromatic nitrogens is 1. The van der Waals surface area contributed by atoms with Crippen LogP contribution in [0.25, 0.3) is 32.4 Å². The van der Waals surface area contributed by atoms with Crippen molar-refractivity contribution >= 4 is 54.6 Å². The van der Waals surface area contributed by atoms with Crippen LogP contribution in [0.1, 0.15) is 12.8 Å². The van der Waals surface area contributed by atoms with Crippen molar-refractivity contribution in [2.75, 3.05) is 47.0 Å². The maximum Gasteiger partial charge on any atom is 0.415 e. The summed E-state index contributed by atoms with van der Waals surface area (Å²) in [7, 11) is 1.00. The molecule has 1 amide bonds. The number of pyridine rings is 1. The Bertz CT molecular complexity index is 1920. The van der Waals surface area contributed by atoms with E-state index in [2.05, 4.69) is 4.18 Å². The molecule has 0 aliphatic carbocycles. The van der Waals surface area contributed by atoms with Crippen molar-refractivity contribution in [3.05, 3.63) is 46.8 Å². The summed E-state index contributed by atoms with van der Waals surface area (Å²) in [6.45, 7) is -0.0734. The third-order valence-corrected chi connectivity index (χ3v) is 7.57. The van der Waals surface area contributed by atoms with Crippen molar-refractivity contribution in [3.63, 3.8) is 0 Å². The van der Waals surface area contributed by atoms with Gasteiger partial charge in [-0.3, -0.25) is 13.8 Å². The number of benzene rings is 3. The largest absolute Gasteiger partial charge is 0.493 e. The SMILES string of the molecule is COc1cc2c(cc1OC(=O)N(C)CCOC(=O)CCCOS(C)(=O)=O)c(=O)n(C)c1c3cc4c(cc3ccc21)OCO4. The zero-order chi connectivity index (χ0) is 30.9. The van der Waals surface area contributed by atoms with Gasteiger partial charge in [0, 0.05) is 36.7 Å². The molecule has 1 aliphatic heterocycles. The highest BCUT2D eigenvalue weighted by atomic mass is 32.2. The fourth-order valence-electron chi connectivity index (χ4n) is 4.82. The second kappa shape index (κ2) is 12.0. The van der Waals surface area contributed by atoms with E-state index < -0.39 is 22.2 Å². The number of carbonyl (C=O) groups is 2. The first-order valence-corrected chi connectivity index (χ1v) is 15.1. The molecule has 1 aromatic heterocycles. The number of hydrogen-bond acceptors (Lipinski definition) is 11. The predicted octanol–water partition coefficient (Wildman–Crippen LogP) is 3.31. The van der Waals surface area contributed by atoms with Crippen LogP contribution < -0.4 is 24.5 Å². The second-order valence-corrected chi connectivity index (χ2v) is 11.6. The van der Waals surface area contributed by atoms with Crippen LogP contribution in [0.4, 0.5) is 4.79 Å². The smallest absolute Gasteiger partial charge is 0.415 e. The molecule has 0 unspecified atom stereocenters. The Morgan fingerprint density at radius 2 is 1.70 bits per heavy atom. The number of methoxy groups -OCH3 is 1. The quantitative estimate of drug-likeness (QED) is 0.112. The average molecular weight is 615 g/mol. The molecule has 0 N–H and O–H groups in total. The number of nitrogens with zero attached hydrogens (tertiary/aromatic N) is 2. The molecule has 5 rings (SSSR count). The molecule has 228 valence electrons. The van der Waals surface area contributed by atoms with Crippen molar-refractivity contribution in [2.45, 2.75) is 12.8 Å². The number of fused-ring (bicyclic) bond motifs is 6. The van der Waals surface area contributed by atoms with E-state index in [-0.39, 0.29) is 56.5 Å². The molecule has 2 heterocycles. The molecule has 0 saturated carbocycles. The van der Waals surface area contributed by atoms with Gasteiger partial charge in [-0.15, -0.1) is 0 Å². The van der Waals surface area contributed by atoms with Crippen molar-refractivity contribution in [3.8, 4) is 23.0 Å². The van der Waals surface area contributed by atoms with Crippen LogP contribution in [0.5, 0.6) is 23.0 Å². The van der Waals surface area contributed by atoms with Crippen molar-refractivity contribution in [1.29, 1.82) is 0 Å². The average Bonchev–Trinajstić information content (AvgIpc) is 3.43. The molecule has 0 bridgehead atoms. The summed E-state index contributed by atoms with van der Waals surface area (Å²) in [5.41, 5.74) is 0.409. The molecular formula is C29H30N2O11S. The number of hydrogen-bond donors (Lipinski definition) is 0. The van der Waals surface area contributed by atoms with Crippen LogP contribution in [-0.4, -0.2) is 76.9 Å². The third kappa shape index (κ3) is 6.29. The fraction of sp³-hybridized carbons (Fsp3) is 0.345. The van der Waals surface area contributed by atoms with E-state index in [1.165, 1.54) is 25.1 Å². The van der Waals surface area contributed by atoms with Crippen LogP contribution in [0.15, 0.2) is 41.2 Å². The zero-order valence-corrected chi connectivity index (χ0v) is 24.8. The number of aryl methyl sites for hydroxylation is 1. The lowest BCUT2D eigenvalue weighted by atomic mass is 10.00. The molecule has 13 nitrogen and oxygen atoms in total. The number of carbonyl (C=O) groups excluding carboxylic acids is 2. The van der Waals surface area contributed by atoms with E-state index >= 15 is 0 Å². The van der Waals surface area contributed by atoms with Crippen molar-refractivity contribution < 1.29 is 45.9 Å². The summed E-state index contributed by atoms with van der Waals surface area (Å²) in [5, 5.41) is 3.45. The molecule has 43 heavy (non-hydrogen) atoms. The molecule has 1 aliphatic rings. The Kier molecular flexibility index (Phi) is 8.33. The number of likely N-dealkylation sites (N-methyl/N-ethyl adjacent to an activating group) is 1. The number of esters is 1. The van der Waals surface area contributed by atoms with E-state index in [1.807, 2.05) is 24.3 Å². The Hall–Kier alpha value is -4.56. The van der Waals surface area contributed by atoms with Crippen LogP contribution in [-0.2, 0) is 30.9 Å². The van der Waals surface area contributed by atoms with Crippen LogP contribution in [0, 0.1) is 0 Å². The molecular weight excluding hydrogens is 584 g/mol. The summed E-state index contributed by atoms with van der Waals surface area (Å²) in [6.07, 6.45) is 0.298. The van der Waals surface area contributed by atoms with E-state index in [9.17, 15) is 22.8 Å². The highest BCUT2D eigenvalue weighted by Gasteiger charge is 2.21. The number of amides is 1. The van der Waals surface area contributed by atoms with Gasteiger partial charge in [0.05, 0.1) is 37.4 Å². The van der Waals surface area contributed by atoms with Gasteiger partial charge in [-0.2, -0.15) is 8.42 Å². The fourth-order valence-corrected chi connectivity index (χ4v) is 5.24. The minimum absolute atomic E-state index is 0.0260. The minimum Gasteiger partial charge on any atom is -0.493 e. The molecule has 3 aromatic carbocycles. The maximum atomic E-state index is 13.6. The number of rotatable bonds is 10. The zero-order valence-electron chi connectivity index (χ0n) is 24.0. The van der Waals surface area contributed by atoms with Gasteiger partial charge in [-0.05, 0) is 36.1 Å². The highest BCUT2D eigenvalue weighted by Crippen LogP contribution is 2.40. The first kappa shape index (κ1) is 29.9. The topological polar surface area (TPSA) is 149 Å².